The maximum absolute atomic E-state index is 12.0. The molecule has 2 atom stereocenters. The summed E-state index contributed by atoms with van der Waals surface area (Å²) in [4.78, 5) is 13.5. The number of likely N-dealkylation sites (tertiary alicyclic amines) is 1. The lowest BCUT2D eigenvalue weighted by Crippen LogP contribution is -3.17. The second-order valence-electron chi connectivity index (χ2n) is 6.27. The fourth-order valence-electron chi connectivity index (χ4n) is 2.98. The summed E-state index contributed by atoms with van der Waals surface area (Å²) in [5.41, 5.74) is 0.969. The van der Waals surface area contributed by atoms with Crippen LogP contribution in [0.1, 0.15) is 31.7 Å². The largest absolute Gasteiger partial charge is 0.351 e. The average Bonchev–Trinajstić information content (AvgIpc) is 2.49. The summed E-state index contributed by atoms with van der Waals surface area (Å²) in [5, 5.41) is 8.00. The number of piperidine rings is 1. The summed E-state index contributed by atoms with van der Waals surface area (Å²) in [7, 11) is -3.65. The number of benzene rings is 1. The summed E-state index contributed by atoms with van der Waals surface area (Å²) in [5.74, 6) is 0.0786. The first-order valence-electron chi connectivity index (χ1n) is 8.09. The molecule has 0 radical (unpaired) electrons. The first kappa shape index (κ1) is 17.9. The van der Waals surface area contributed by atoms with Gasteiger partial charge in [-0.2, -0.15) is 0 Å². The van der Waals surface area contributed by atoms with Gasteiger partial charge >= 0.3 is 0 Å². The van der Waals surface area contributed by atoms with Gasteiger partial charge in [0.25, 0.3) is 5.91 Å². The van der Waals surface area contributed by atoms with E-state index in [2.05, 4.69) is 12.2 Å². The lowest BCUT2D eigenvalue weighted by Gasteiger charge is -2.29. The molecule has 4 N–H and O–H groups in total. The summed E-state index contributed by atoms with van der Waals surface area (Å²) in [6.07, 6.45) is 4.32. The molecular weight excluding hydrogens is 314 g/mol. The SMILES string of the molecule is C[C@@H]1CCCC[NH+]1CC(=O)NCCc1ccc(S(N)(=O)=O)cc1. The van der Waals surface area contributed by atoms with Gasteiger partial charge in [0.15, 0.2) is 6.54 Å². The molecule has 0 aliphatic carbocycles. The Morgan fingerprint density at radius 2 is 2.00 bits per heavy atom. The van der Waals surface area contributed by atoms with E-state index in [1.165, 1.54) is 36.3 Å². The molecule has 2 rings (SSSR count). The van der Waals surface area contributed by atoms with E-state index in [0.29, 0.717) is 25.6 Å². The Hall–Kier alpha value is -1.44. The van der Waals surface area contributed by atoms with E-state index in [1.807, 2.05) is 0 Å². The molecule has 1 amide bonds. The van der Waals surface area contributed by atoms with Gasteiger partial charge in [-0.1, -0.05) is 12.1 Å². The Morgan fingerprint density at radius 3 is 2.61 bits per heavy atom. The lowest BCUT2D eigenvalue weighted by atomic mass is 10.0. The van der Waals surface area contributed by atoms with Crippen molar-refractivity contribution in [2.45, 2.75) is 43.5 Å². The van der Waals surface area contributed by atoms with Crippen LogP contribution in [0.2, 0.25) is 0 Å². The molecule has 0 saturated carbocycles. The van der Waals surface area contributed by atoms with Gasteiger partial charge in [-0.3, -0.25) is 4.79 Å². The van der Waals surface area contributed by atoms with E-state index in [1.54, 1.807) is 12.1 Å². The number of quaternary nitrogens is 1. The number of primary sulfonamides is 1. The quantitative estimate of drug-likeness (QED) is 0.649. The maximum atomic E-state index is 12.0. The lowest BCUT2D eigenvalue weighted by molar-refractivity contribution is -0.921. The number of carbonyl (C=O) groups excluding carboxylic acids is 1. The van der Waals surface area contributed by atoms with Gasteiger partial charge < -0.3 is 10.2 Å². The van der Waals surface area contributed by atoms with E-state index < -0.39 is 10.0 Å². The number of sulfonamides is 1. The molecule has 1 aromatic carbocycles. The van der Waals surface area contributed by atoms with Gasteiger partial charge in [-0.25, -0.2) is 13.6 Å². The van der Waals surface area contributed by atoms with Crippen LogP contribution in [-0.2, 0) is 21.2 Å². The normalized spacial score (nSPS) is 21.8. The minimum absolute atomic E-state index is 0.0786. The Balaban J connectivity index is 1.75. The zero-order valence-corrected chi connectivity index (χ0v) is 14.4. The number of nitrogens with one attached hydrogen (secondary N) is 2. The van der Waals surface area contributed by atoms with Crippen molar-refractivity contribution in [2.75, 3.05) is 19.6 Å². The number of hydrogen-bond donors (Lipinski definition) is 3. The van der Waals surface area contributed by atoms with Crippen molar-refractivity contribution < 1.29 is 18.1 Å². The average molecular weight is 340 g/mol. The molecule has 1 aromatic rings. The highest BCUT2D eigenvalue weighted by Gasteiger charge is 2.23. The summed E-state index contributed by atoms with van der Waals surface area (Å²) >= 11 is 0. The molecule has 1 heterocycles. The minimum atomic E-state index is -3.65. The van der Waals surface area contributed by atoms with Crippen molar-refractivity contribution in [1.29, 1.82) is 0 Å². The molecule has 1 saturated heterocycles. The summed E-state index contributed by atoms with van der Waals surface area (Å²) in [6.45, 7) is 4.36. The van der Waals surface area contributed by atoms with E-state index in [-0.39, 0.29) is 10.8 Å². The zero-order chi connectivity index (χ0) is 16.9. The highest BCUT2D eigenvalue weighted by atomic mass is 32.2. The van der Waals surface area contributed by atoms with Crippen molar-refractivity contribution in [1.82, 2.24) is 5.32 Å². The molecule has 7 heteroatoms. The van der Waals surface area contributed by atoms with Crippen molar-refractivity contribution in [3.8, 4) is 0 Å². The molecule has 1 aliphatic rings. The van der Waals surface area contributed by atoms with Crippen LogP contribution in [0, 0.1) is 0 Å². The van der Waals surface area contributed by atoms with Gasteiger partial charge in [0.05, 0.1) is 17.5 Å². The monoisotopic (exact) mass is 340 g/mol. The molecular formula is C16H26N3O3S+. The van der Waals surface area contributed by atoms with Crippen LogP contribution in [0.15, 0.2) is 29.2 Å². The van der Waals surface area contributed by atoms with Gasteiger partial charge in [-0.05, 0) is 50.3 Å². The first-order chi connectivity index (χ1) is 10.9. The molecule has 0 bridgehead atoms. The molecule has 0 aromatic heterocycles. The van der Waals surface area contributed by atoms with E-state index in [0.717, 1.165) is 12.1 Å². The Morgan fingerprint density at radius 1 is 1.30 bits per heavy atom. The number of amides is 1. The Labute approximate surface area is 138 Å². The smallest absolute Gasteiger partial charge is 0.275 e. The topological polar surface area (TPSA) is 93.7 Å². The fourth-order valence-corrected chi connectivity index (χ4v) is 3.49. The van der Waals surface area contributed by atoms with Crippen molar-refractivity contribution in [3.63, 3.8) is 0 Å². The summed E-state index contributed by atoms with van der Waals surface area (Å²) < 4.78 is 22.4. The standard InChI is InChI=1S/C16H25N3O3S/c1-13-4-2-3-11-19(13)12-16(20)18-10-9-14-5-7-15(8-6-14)23(17,21)22/h5-8,13H,2-4,9-12H2,1H3,(H,18,20)(H2,17,21,22)/p+1/t13-/m1/s1. The predicted octanol–water partition coefficient (Wildman–Crippen LogP) is -0.550. The molecule has 1 fully saturated rings. The Bertz CT molecular complexity index is 628. The van der Waals surface area contributed by atoms with Crippen LogP contribution in [0.25, 0.3) is 0 Å². The van der Waals surface area contributed by atoms with Crippen LogP contribution in [0.3, 0.4) is 0 Å². The second kappa shape index (κ2) is 7.90. The van der Waals surface area contributed by atoms with Crippen molar-refractivity contribution in [2.24, 2.45) is 5.14 Å². The maximum Gasteiger partial charge on any atom is 0.275 e. The van der Waals surface area contributed by atoms with E-state index >= 15 is 0 Å². The van der Waals surface area contributed by atoms with E-state index in [9.17, 15) is 13.2 Å². The van der Waals surface area contributed by atoms with Crippen molar-refractivity contribution >= 4 is 15.9 Å². The van der Waals surface area contributed by atoms with Crippen LogP contribution in [0.5, 0.6) is 0 Å². The number of nitrogens with two attached hydrogens (primary N) is 1. The van der Waals surface area contributed by atoms with Crippen LogP contribution in [0.4, 0.5) is 0 Å². The van der Waals surface area contributed by atoms with E-state index in [4.69, 9.17) is 5.14 Å². The first-order valence-corrected chi connectivity index (χ1v) is 9.64. The molecule has 128 valence electrons. The molecule has 23 heavy (non-hydrogen) atoms. The van der Waals surface area contributed by atoms with Crippen molar-refractivity contribution in [3.05, 3.63) is 29.8 Å². The number of carbonyl (C=O) groups is 1. The molecule has 0 spiro atoms. The molecule has 1 aliphatic heterocycles. The van der Waals surface area contributed by atoms with Crippen LogP contribution in [-0.4, -0.2) is 40.0 Å². The van der Waals surface area contributed by atoms with Crippen LogP contribution < -0.4 is 15.4 Å². The predicted molar refractivity (Wildman–Crippen MR) is 88.5 cm³/mol. The van der Waals surface area contributed by atoms with Crippen LogP contribution >= 0.6 is 0 Å². The third-order valence-electron chi connectivity index (χ3n) is 4.46. The third-order valence-corrected chi connectivity index (χ3v) is 5.39. The molecule has 1 unspecified atom stereocenters. The summed E-state index contributed by atoms with van der Waals surface area (Å²) in [6, 6.07) is 6.99. The highest BCUT2D eigenvalue weighted by Crippen LogP contribution is 2.08. The highest BCUT2D eigenvalue weighted by molar-refractivity contribution is 7.89. The van der Waals surface area contributed by atoms with Gasteiger partial charge in [0, 0.05) is 6.54 Å². The third kappa shape index (κ3) is 5.60. The molecule has 6 nitrogen and oxygen atoms in total. The van der Waals surface area contributed by atoms with Gasteiger partial charge in [0.2, 0.25) is 10.0 Å². The van der Waals surface area contributed by atoms with Gasteiger partial charge in [-0.15, -0.1) is 0 Å². The fraction of sp³-hybridized carbons (Fsp3) is 0.562. The van der Waals surface area contributed by atoms with Gasteiger partial charge in [0.1, 0.15) is 0 Å². The zero-order valence-electron chi connectivity index (χ0n) is 13.5. The Kier molecular flexibility index (Phi) is 6.15. The second-order valence-corrected chi connectivity index (χ2v) is 7.83. The number of hydrogen-bond acceptors (Lipinski definition) is 3. The number of rotatable bonds is 6. The minimum Gasteiger partial charge on any atom is -0.351 e.